The minimum atomic E-state index is -4.99. The Labute approximate surface area is 243 Å². The zero-order valence-electron chi connectivity index (χ0n) is 21.6. The average molecular weight is 596 g/mol. The number of halogens is 6. The minimum Gasteiger partial charge on any atom is -0.406 e. The van der Waals surface area contributed by atoms with E-state index in [1.165, 1.54) is 12.1 Å². The van der Waals surface area contributed by atoms with Gasteiger partial charge in [-0.15, -0.1) is 26.3 Å². The van der Waals surface area contributed by atoms with Gasteiger partial charge in [0.05, 0.1) is 0 Å². The van der Waals surface area contributed by atoms with Crippen LogP contribution >= 0.6 is 0 Å². The standard InChI is InChI=1S/C32H10F6N4O2/c33-31(34,35)43-17-1-3-21-25(9-17)27(15(11-39)12-40)23-7-6-20-19(29(21)23)5-8-24-28(16(13-41)14-42)26-10-18(44-32(36,37)38)2-4-22(26)30(20)24/h1-10H. The van der Waals surface area contributed by atoms with Crippen LogP contribution in [0.1, 0.15) is 22.3 Å². The lowest BCUT2D eigenvalue weighted by molar-refractivity contribution is -0.275. The number of fused-ring (bicyclic) bond motifs is 9. The van der Waals surface area contributed by atoms with Gasteiger partial charge >= 0.3 is 12.7 Å². The quantitative estimate of drug-likeness (QED) is 0.147. The maximum absolute atomic E-state index is 13.0. The highest BCUT2D eigenvalue weighted by atomic mass is 19.4. The summed E-state index contributed by atoms with van der Waals surface area (Å²) in [5.41, 5.74) is 2.49. The summed E-state index contributed by atoms with van der Waals surface area (Å²) in [6.07, 6.45) is -9.97. The van der Waals surface area contributed by atoms with Crippen molar-refractivity contribution >= 4 is 21.9 Å². The second-order valence-electron chi connectivity index (χ2n) is 9.53. The van der Waals surface area contributed by atoms with Crippen LogP contribution in [0.4, 0.5) is 26.3 Å². The summed E-state index contributed by atoms with van der Waals surface area (Å²) in [6, 6.07) is 20.8. The zero-order chi connectivity index (χ0) is 31.6. The molecule has 0 amide bonds. The Morgan fingerprint density at radius 2 is 0.818 bits per heavy atom. The second-order valence-corrected chi connectivity index (χ2v) is 9.53. The third-order valence-electron chi connectivity index (χ3n) is 7.21. The van der Waals surface area contributed by atoms with E-state index in [0.717, 1.165) is 24.3 Å². The first-order valence-corrected chi connectivity index (χ1v) is 12.4. The third-order valence-corrected chi connectivity index (χ3v) is 7.21. The predicted molar refractivity (Wildman–Crippen MR) is 143 cm³/mol. The molecule has 4 aromatic carbocycles. The highest BCUT2D eigenvalue weighted by Crippen LogP contribution is 2.55. The van der Waals surface area contributed by atoms with Gasteiger partial charge in [-0.2, -0.15) is 21.0 Å². The highest BCUT2D eigenvalue weighted by Gasteiger charge is 2.36. The van der Waals surface area contributed by atoms with Crippen LogP contribution in [-0.4, -0.2) is 12.7 Å². The maximum Gasteiger partial charge on any atom is 0.573 e. The van der Waals surface area contributed by atoms with Crippen LogP contribution in [0.15, 0.2) is 71.8 Å². The number of allylic oxidation sites excluding steroid dienone is 2. The van der Waals surface area contributed by atoms with Crippen molar-refractivity contribution in [2.75, 3.05) is 0 Å². The Kier molecular flexibility index (Phi) is 6.13. The molecule has 212 valence electrons. The summed E-state index contributed by atoms with van der Waals surface area (Å²) in [7, 11) is 0. The lowest BCUT2D eigenvalue weighted by Crippen LogP contribution is -2.17. The molecule has 12 heteroatoms. The van der Waals surface area contributed by atoms with E-state index in [0.29, 0.717) is 44.2 Å². The number of alkyl halides is 6. The second kappa shape index (κ2) is 9.66. The summed E-state index contributed by atoms with van der Waals surface area (Å²) in [5, 5.41) is 39.8. The van der Waals surface area contributed by atoms with E-state index in [9.17, 15) is 47.4 Å². The molecular weight excluding hydrogens is 586 g/mol. The molecule has 0 fully saturated rings. The molecule has 0 unspecified atom stereocenters. The fourth-order valence-corrected chi connectivity index (χ4v) is 5.80. The molecule has 44 heavy (non-hydrogen) atoms. The van der Waals surface area contributed by atoms with Crippen LogP contribution in [0.5, 0.6) is 11.5 Å². The molecule has 0 radical (unpaired) electrons. The van der Waals surface area contributed by atoms with Gasteiger partial charge in [-0.05, 0) is 79.5 Å². The van der Waals surface area contributed by atoms with E-state index in [1.807, 2.05) is 0 Å². The van der Waals surface area contributed by atoms with Gasteiger partial charge in [-0.25, -0.2) is 0 Å². The minimum absolute atomic E-state index is 0.112. The molecule has 0 saturated carbocycles. The van der Waals surface area contributed by atoms with Gasteiger partial charge in [0.2, 0.25) is 0 Å². The number of rotatable bonds is 2. The van der Waals surface area contributed by atoms with Crippen molar-refractivity contribution in [1.82, 2.24) is 0 Å². The lowest BCUT2D eigenvalue weighted by Gasteiger charge is -2.13. The van der Waals surface area contributed by atoms with Gasteiger partial charge < -0.3 is 9.47 Å². The van der Waals surface area contributed by atoms with Crippen molar-refractivity contribution in [3.8, 4) is 58.0 Å². The molecular formula is C32H10F6N4O2. The van der Waals surface area contributed by atoms with Gasteiger partial charge in [0, 0.05) is 11.1 Å². The summed E-state index contributed by atoms with van der Waals surface area (Å²) < 4.78 is 86.2. The molecule has 0 spiro atoms. The molecule has 0 saturated heterocycles. The monoisotopic (exact) mass is 596 g/mol. The molecule has 0 bridgehead atoms. The average Bonchev–Trinajstić information content (AvgIpc) is 3.45. The Balaban J connectivity index is 1.67. The van der Waals surface area contributed by atoms with E-state index < -0.39 is 24.2 Å². The third kappa shape index (κ3) is 4.34. The molecule has 6 nitrogen and oxygen atoms in total. The van der Waals surface area contributed by atoms with Gasteiger partial charge in [-0.3, -0.25) is 0 Å². The fraction of sp³-hybridized carbons (Fsp3) is 0.0625. The summed E-state index contributed by atoms with van der Waals surface area (Å²) in [6.45, 7) is 0. The maximum atomic E-state index is 13.0. The van der Waals surface area contributed by atoms with E-state index >= 15 is 0 Å². The number of hydrogen-bond donors (Lipinski definition) is 0. The van der Waals surface area contributed by atoms with Crippen molar-refractivity contribution in [2.24, 2.45) is 0 Å². The van der Waals surface area contributed by atoms with Crippen LogP contribution in [0.3, 0.4) is 0 Å². The van der Waals surface area contributed by atoms with Crippen molar-refractivity contribution in [3.05, 3.63) is 94.1 Å². The number of benzene rings is 4. The molecule has 0 aliphatic heterocycles. The predicted octanol–water partition coefficient (Wildman–Crippen LogP) is 8.30. The van der Waals surface area contributed by atoms with E-state index in [-0.39, 0.29) is 33.4 Å². The van der Waals surface area contributed by atoms with Crippen molar-refractivity contribution < 1.29 is 35.8 Å². The van der Waals surface area contributed by atoms with E-state index in [2.05, 4.69) is 9.47 Å². The van der Waals surface area contributed by atoms with Crippen molar-refractivity contribution in [3.63, 3.8) is 0 Å². The van der Waals surface area contributed by atoms with Gasteiger partial charge in [0.15, 0.2) is 0 Å². The Bertz CT molecular complexity index is 2010. The van der Waals surface area contributed by atoms with Crippen LogP contribution in [0.25, 0.3) is 44.2 Å². The van der Waals surface area contributed by atoms with Crippen LogP contribution in [0.2, 0.25) is 0 Å². The fourth-order valence-electron chi connectivity index (χ4n) is 5.80. The van der Waals surface area contributed by atoms with E-state index in [4.69, 9.17) is 0 Å². The molecule has 2 aliphatic carbocycles. The number of ether oxygens (including phenoxy) is 2. The smallest absolute Gasteiger partial charge is 0.406 e. The normalized spacial score (nSPS) is 12.6. The summed E-state index contributed by atoms with van der Waals surface area (Å²) in [4.78, 5) is 0. The largest absolute Gasteiger partial charge is 0.573 e. The molecule has 4 aromatic rings. The number of nitrogens with zero attached hydrogens (tertiary/aromatic N) is 4. The van der Waals surface area contributed by atoms with Gasteiger partial charge in [0.25, 0.3) is 0 Å². The Morgan fingerprint density at radius 3 is 1.14 bits per heavy atom. The Hall–Kier alpha value is -6.24. The van der Waals surface area contributed by atoms with Crippen LogP contribution < -0.4 is 9.47 Å². The summed E-state index contributed by atoms with van der Waals surface area (Å²) in [5.74, 6) is -1.11. The Morgan fingerprint density at radius 1 is 0.477 bits per heavy atom. The van der Waals surface area contributed by atoms with Crippen LogP contribution in [0, 0.1) is 45.3 Å². The van der Waals surface area contributed by atoms with Gasteiger partial charge in [0.1, 0.15) is 46.9 Å². The SMILES string of the molecule is N#CC(C#N)=C1c2cc(OC(F)(F)F)ccc2-c2c1ccc1c3c(ccc21)C(=C(C#N)C#N)c1cc(OC(F)(F)F)ccc1-3. The number of nitriles is 4. The van der Waals surface area contributed by atoms with Crippen molar-refractivity contribution in [2.45, 2.75) is 12.7 Å². The molecule has 2 aliphatic rings. The lowest BCUT2D eigenvalue weighted by atomic mass is 9.90. The van der Waals surface area contributed by atoms with Gasteiger partial charge in [-0.1, -0.05) is 36.4 Å². The van der Waals surface area contributed by atoms with Crippen LogP contribution in [-0.2, 0) is 0 Å². The van der Waals surface area contributed by atoms with Crippen molar-refractivity contribution in [1.29, 1.82) is 21.0 Å². The molecule has 0 atom stereocenters. The molecule has 0 aromatic heterocycles. The molecule has 0 heterocycles. The summed E-state index contributed by atoms with van der Waals surface area (Å²) >= 11 is 0. The van der Waals surface area contributed by atoms with E-state index in [1.54, 1.807) is 48.5 Å². The molecule has 0 N–H and O–H groups in total. The number of hydrogen-bond acceptors (Lipinski definition) is 6. The molecule has 6 rings (SSSR count). The first-order valence-electron chi connectivity index (χ1n) is 12.4. The first-order chi connectivity index (χ1) is 20.9. The zero-order valence-corrected chi connectivity index (χ0v) is 21.6. The first kappa shape index (κ1) is 27.9. The topological polar surface area (TPSA) is 114 Å². The highest BCUT2D eigenvalue weighted by molar-refractivity contribution is 6.19.